The van der Waals surface area contributed by atoms with Crippen molar-refractivity contribution in [3.05, 3.63) is 53.8 Å². The predicted octanol–water partition coefficient (Wildman–Crippen LogP) is 3.86. The number of thioether (sulfide) groups is 1. The third-order valence-electron chi connectivity index (χ3n) is 4.11. The van der Waals surface area contributed by atoms with E-state index >= 15 is 0 Å². The maximum absolute atomic E-state index is 13.0. The molecule has 29 heavy (non-hydrogen) atoms. The van der Waals surface area contributed by atoms with Gasteiger partial charge in [0.05, 0.1) is 26.0 Å². The summed E-state index contributed by atoms with van der Waals surface area (Å²) in [6.07, 6.45) is 0. The molecule has 3 rings (SSSR count). The zero-order valence-corrected chi connectivity index (χ0v) is 17.0. The van der Waals surface area contributed by atoms with Crippen molar-refractivity contribution >= 4 is 17.7 Å². The number of hydrogen-bond acceptors (Lipinski definition) is 7. The van der Waals surface area contributed by atoms with Crippen molar-refractivity contribution in [2.75, 3.05) is 20.0 Å². The Morgan fingerprint density at radius 2 is 1.93 bits per heavy atom. The van der Waals surface area contributed by atoms with Gasteiger partial charge in [-0.1, -0.05) is 11.8 Å². The normalized spacial score (nSPS) is 11.7. The summed E-state index contributed by atoms with van der Waals surface area (Å²) < 4.78 is 29.1. The first-order chi connectivity index (χ1) is 14.0. The number of carbonyl (C=O) groups excluding carboxylic acids is 1. The molecule has 0 saturated heterocycles. The second-order valence-electron chi connectivity index (χ2n) is 6.07. The fourth-order valence-electron chi connectivity index (χ4n) is 2.64. The molecule has 152 valence electrons. The average molecular weight is 417 g/mol. The largest absolute Gasteiger partial charge is 0.497 e. The summed E-state index contributed by atoms with van der Waals surface area (Å²) in [5.41, 5.74) is 1.41. The lowest BCUT2D eigenvalue weighted by Gasteiger charge is -2.18. The summed E-state index contributed by atoms with van der Waals surface area (Å²) >= 11 is 1.12. The van der Waals surface area contributed by atoms with Gasteiger partial charge in [0.1, 0.15) is 17.3 Å². The molecule has 1 amide bonds. The number of ether oxygens (including phenoxy) is 2. The number of benzene rings is 2. The molecule has 0 saturated carbocycles. The lowest BCUT2D eigenvalue weighted by Crippen LogP contribution is -2.28. The Morgan fingerprint density at radius 3 is 2.62 bits per heavy atom. The highest BCUT2D eigenvalue weighted by Gasteiger charge is 2.17. The van der Waals surface area contributed by atoms with E-state index in [0.717, 1.165) is 17.3 Å². The Bertz CT molecular complexity index is 978. The monoisotopic (exact) mass is 417 g/mol. The minimum absolute atomic E-state index is 0.0989. The van der Waals surface area contributed by atoms with Crippen LogP contribution in [0.1, 0.15) is 18.5 Å². The third kappa shape index (κ3) is 5.26. The highest BCUT2D eigenvalue weighted by molar-refractivity contribution is 7.99. The molecule has 1 heterocycles. The molecule has 0 bridgehead atoms. The summed E-state index contributed by atoms with van der Waals surface area (Å²) in [6.45, 7) is 1.86. The Morgan fingerprint density at radius 1 is 1.17 bits per heavy atom. The number of halogens is 1. The van der Waals surface area contributed by atoms with Crippen LogP contribution in [0.5, 0.6) is 11.5 Å². The van der Waals surface area contributed by atoms with Crippen molar-refractivity contribution in [3.8, 4) is 23.0 Å². The topological polar surface area (TPSA) is 86.5 Å². The first kappa shape index (κ1) is 20.7. The number of carbonyl (C=O) groups is 1. The number of aromatic nitrogens is 2. The van der Waals surface area contributed by atoms with E-state index in [1.54, 1.807) is 38.5 Å². The molecule has 0 aliphatic heterocycles. The molecule has 9 heteroatoms. The van der Waals surface area contributed by atoms with Gasteiger partial charge in [0, 0.05) is 11.1 Å². The highest BCUT2D eigenvalue weighted by Crippen LogP contribution is 2.29. The Kier molecular flexibility index (Phi) is 6.71. The lowest BCUT2D eigenvalue weighted by atomic mass is 10.1. The number of hydrogen-bond donors (Lipinski definition) is 1. The molecular formula is C20H20FN3O4S. The van der Waals surface area contributed by atoms with Crippen LogP contribution in [-0.2, 0) is 4.79 Å². The molecule has 2 aromatic carbocycles. The number of amides is 1. The van der Waals surface area contributed by atoms with Crippen LogP contribution in [-0.4, -0.2) is 36.1 Å². The molecule has 0 aliphatic rings. The van der Waals surface area contributed by atoms with Gasteiger partial charge in [-0.05, 0) is 49.4 Å². The van der Waals surface area contributed by atoms with Crippen molar-refractivity contribution < 1.29 is 23.1 Å². The highest BCUT2D eigenvalue weighted by atomic mass is 32.2. The number of nitrogens with one attached hydrogen (secondary N) is 1. The van der Waals surface area contributed by atoms with Crippen LogP contribution < -0.4 is 14.8 Å². The zero-order valence-electron chi connectivity index (χ0n) is 16.1. The van der Waals surface area contributed by atoms with Gasteiger partial charge in [-0.2, -0.15) is 0 Å². The fourth-order valence-corrected chi connectivity index (χ4v) is 3.22. The third-order valence-corrected chi connectivity index (χ3v) is 4.92. The summed E-state index contributed by atoms with van der Waals surface area (Å²) in [5.74, 6) is 1.15. The van der Waals surface area contributed by atoms with Crippen LogP contribution in [0.15, 0.2) is 52.1 Å². The first-order valence-electron chi connectivity index (χ1n) is 8.73. The Hall–Kier alpha value is -3.07. The minimum atomic E-state index is -0.346. The summed E-state index contributed by atoms with van der Waals surface area (Å²) in [7, 11) is 3.15. The van der Waals surface area contributed by atoms with Crippen LogP contribution in [0.2, 0.25) is 0 Å². The van der Waals surface area contributed by atoms with Gasteiger partial charge in [-0.15, -0.1) is 10.2 Å². The fraction of sp³-hybridized carbons (Fsp3) is 0.250. The molecule has 1 N–H and O–H groups in total. The first-order valence-corrected chi connectivity index (χ1v) is 9.72. The van der Waals surface area contributed by atoms with Gasteiger partial charge in [-0.3, -0.25) is 4.79 Å². The summed E-state index contributed by atoms with van der Waals surface area (Å²) in [6, 6.07) is 10.8. The van der Waals surface area contributed by atoms with Crippen molar-refractivity contribution in [1.82, 2.24) is 15.5 Å². The number of nitrogens with zero attached hydrogens (tertiary/aromatic N) is 2. The van der Waals surface area contributed by atoms with Crippen LogP contribution >= 0.6 is 11.8 Å². The van der Waals surface area contributed by atoms with Crippen molar-refractivity contribution in [2.24, 2.45) is 0 Å². The van der Waals surface area contributed by atoms with Crippen molar-refractivity contribution in [2.45, 2.75) is 18.2 Å². The molecule has 3 aromatic rings. The second kappa shape index (κ2) is 9.42. The van der Waals surface area contributed by atoms with Gasteiger partial charge in [0.15, 0.2) is 0 Å². The van der Waals surface area contributed by atoms with E-state index in [0.29, 0.717) is 17.1 Å². The molecule has 0 aliphatic carbocycles. The predicted molar refractivity (Wildman–Crippen MR) is 107 cm³/mol. The van der Waals surface area contributed by atoms with Crippen LogP contribution in [0.3, 0.4) is 0 Å². The quantitative estimate of drug-likeness (QED) is 0.557. The van der Waals surface area contributed by atoms with Gasteiger partial charge < -0.3 is 19.2 Å². The van der Waals surface area contributed by atoms with E-state index in [2.05, 4.69) is 15.5 Å². The molecule has 7 nitrogen and oxygen atoms in total. The van der Waals surface area contributed by atoms with Crippen molar-refractivity contribution in [3.63, 3.8) is 0 Å². The van der Waals surface area contributed by atoms with Gasteiger partial charge in [-0.25, -0.2) is 4.39 Å². The van der Waals surface area contributed by atoms with Crippen LogP contribution in [0.25, 0.3) is 11.5 Å². The van der Waals surface area contributed by atoms with E-state index in [1.807, 2.05) is 13.0 Å². The SMILES string of the molecule is COc1ccc(OC)c([C@H](C)NC(=O)CSc2nnc(-c3ccc(F)cc3)o2)c1. The maximum atomic E-state index is 13.0. The van der Waals surface area contributed by atoms with E-state index in [1.165, 1.54) is 12.1 Å². The Balaban J connectivity index is 1.58. The van der Waals surface area contributed by atoms with E-state index in [9.17, 15) is 9.18 Å². The summed E-state index contributed by atoms with van der Waals surface area (Å²) in [5, 5.41) is 11.0. The standard InChI is InChI=1S/C20H20FN3O4S/c1-12(16-10-15(26-2)8-9-17(16)27-3)22-18(25)11-29-20-24-23-19(28-20)13-4-6-14(21)7-5-13/h4-10,12H,11H2,1-3H3,(H,22,25)/t12-/m0/s1. The summed E-state index contributed by atoms with van der Waals surface area (Å²) in [4.78, 5) is 12.3. The zero-order chi connectivity index (χ0) is 20.8. The molecule has 1 atom stereocenters. The molecule has 0 fully saturated rings. The maximum Gasteiger partial charge on any atom is 0.277 e. The molecule has 1 aromatic heterocycles. The average Bonchev–Trinajstić information content (AvgIpc) is 3.21. The van der Waals surface area contributed by atoms with E-state index < -0.39 is 0 Å². The molecule has 0 unspecified atom stereocenters. The molecule has 0 radical (unpaired) electrons. The van der Waals surface area contributed by atoms with Gasteiger partial charge in [0.25, 0.3) is 5.22 Å². The van der Waals surface area contributed by atoms with Gasteiger partial charge in [0.2, 0.25) is 11.8 Å². The van der Waals surface area contributed by atoms with E-state index in [4.69, 9.17) is 13.9 Å². The van der Waals surface area contributed by atoms with Crippen LogP contribution in [0.4, 0.5) is 4.39 Å². The van der Waals surface area contributed by atoms with Gasteiger partial charge >= 0.3 is 0 Å². The molecule has 0 spiro atoms. The number of rotatable bonds is 8. The lowest BCUT2D eigenvalue weighted by molar-refractivity contribution is -0.119. The van der Waals surface area contributed by atoms with Crippen LogP contribution in [0, 0.1) is 5.82 Å². The molecular weight excluding hydrogens is 397 g/mol. The Labute approximate surface area is 171 Å². The van der Waals surface area contributed by atoms with E-state index in [-0.39, 0.29) is 34.6 Å². The second-order valence-corrected chi connectivity index (χ2v) is 6.99. The smallest absolute Gasteiger partial charge is 0.277 e. The number of methoxy groups -OCH3 is 2. The van der Waals surface area contributed by atoms with Crippen molar-refractivity contribution in [1.29, 1.82) is 0 Å². The minimum Gasteiger partial charge on any atom is -0.497 e.